The molecule has 29 heavy (non-hydrogen) atoms. The van der Waals surface area contributed by atoms with Gasteiger partial charge >= 0.3 is 5.97 Å². The monoisotopic (exact) mass is 411 g/mol. The van der Waals surface area contributed by atoms with E-state index < -0.39 is 36.0 Å². The normalized spacial score (nSPS) is 23.7. The number of carbonyl (C=O) groups is 4. The van der Waals surface area contributed by atoms with Gasteiger partial charge in [0.15, 0.2) is 0 Å². The van der Waals surface area contributed by atoms with E-state index in [9.17, 15) is 24.3 Å². The van der Waals surface area contributed by atoms with Crippen molar-refractivity contribution in [2.24, 2.45) is 11.5 Å². The van der Waals surface area contributed by atoms with Gasteiger partial charge < -0.3 is 31.7 Å². The second kappa shape index (κ2) is 10.5. The molecule has 0 bridgehead atoms. The number of carbonyl (C=O) groups excluding carboxylic acids is 3. The third-order valence-electron chi connectivity index (χ3n) is 5.61. The van der Waals surface area contributed by atoms with Crippen LogP contribution in [-0.2, 0) is 19.2 Å². The molecule has 2 aliphatic heterocycles. The van der Waals surface area contributed by atoms with Crippen LogP contribution in [0.25, 0.3) is 0 Å². The Morgan fingerprint density at radius 1 is 1.03 bits per heavy atom. The van der Waals surface area contributed by atoms with E-state index >= 15 is 0 Å². The number of carboxylic acid groups (broad SMARTS) is 1. The highest BCUT2D eigenvalue weighted by Gasteiger charge is 2.40. The molecule has 4 unspecified atom stereocenters. The van der Waals surface area contributed by atoms with E-state index in [-0.39, 0.29) is 11.8 Å². The summed E-state index contributed by atoms with van der Waals surface area (Å²) < 4.78 is 0. The van der Waals surface area contributed by atoms with E-state index in [0.717, 1.165) is 0 Å². The smallest absolute Gasteiger partial charge is 0.326 e. The summed E-state index contributed by atoms with van der Waals surface area (Å²) in [6.07, 6.45) is 3.92. The number of carboxylic acids is 1. The lowest BCUT2D eigenvalue weighted by molar-refractivity contribution is -0.149. The first-order valence-electron chi connectivity index (χ1n) is 10.4. The molecule has 3 amide bonds. The van der Waals surface area contributed by atoms with Gasteiger partial charge in [-0.3, -0.25) is 14.4 Å². The van der Waals surface area contributed by atoms with Crippen molar-refractivity contribution in [1.82, 2.24) is 15.1 Å². The SMILES string of the molecule is CC(N)C(=O)N1CCCC1C(=O)NC(CCCCN)C(=O)N1CCCC1C(=O)O. The van der Waals surface area contributed by atoms with Gasteiger partial charge in [0.2, 0.25) is 17.7 Å². The average molecular weight is 412 g/mol. The maximum atomic E-state index is 13.0. The standard InChI is InChI=1S/C19H33N5O5/c1-12(21)17(26)23-10-4-7-14(23)16(25)22-13(6-2-3-9-20)18(27)24-11-5-8-15(24)19(28)29/h12-15H,2-11,20-21H2,1H3,(H,22,25)(H,28,29). The number of likely N-dealkylation sites (tertiary alicyclic amines) is 2. The minimum atomic E-state index is -1.03. The topological polar surface area (TPSA) is 159 Å². The lowest BCUT2D eigenvalue weighted by Gasteiger charge is -2.30. The molecular weight excluding hydrogens is 378 g/mol. The van der Waals surface area contributed by atoms with Gasteiger partial charge in [0, 0.05) is 13.1 Å². The largest absolute Gasteiger partial charge is 0.480 e. The Bertz CT molecular complexity index is 626. The van der Waals surface area contributed by atoms with E-state index in [2.05, 4.69) is 5.32 Å². The van der Waals surface area contributed by atoms with Crippen molar-refractivity contribution in [1.29, 1.82) is 0 Å². The van der Waals surface area contributed by atoms with Crippen molar-refractivity contribution >= 4 is 23.7 Å². The summed E-state index contributed by atoms with van der Waals surface area (Å²) in [6, 6.07) is -3.06. The molecule has 0 aromatic rings. The maximum Gasteiger partial charge on any atom is 0.326 e. The molecule has 164 valence electrons. The van der Waals surface area contributed by atoms with Crippen LogP contribution in [0.3, 0.4) is 0 Å². The highest BCUT2D eigenvalue weighted by molar-refractivity contribution is 5.94. The van der Waals surface area contributed by atoms with Crippen LogP contribution in [0.2, 0.25) is 0 Å². The van der Waals surface area contributed by atoms with Crippen molar-refractivity contribution in [3.63, 3.8) is 0 Å². The molecule has 10 nitrogen and oxygen atoms in total. The molecule has 2 rings (SSSR count). The first kappa shape index (κ1) is 23.1. The Morgan fingerprint density at radius 2 is 1.62 bits per heavy atom. The van der Waals surface area contributed by atoms with Crippen molar-refractivity contribution < 1.29 is 24.3 Å². The lowest BCUT2D eigenvalue weighted by atomic mass is 10.1. The number of hydrogen-bond donors (Lipinski definition) is 4. The number of nitrogens with two attached hydrogens (primary N) is 2. The molecule has 0 saturated carbocycles. The van der Waals surface area contributed by atoms with Crippen LogP contribution in [-0.4, -0.2) is 82.4 Å². The van der Waals surface area contributed by atoms with Crippen molar-refractivity contribution in [2.75, 3.05) is 19.6 Å². The molecule has 4 atom stereocenters. The lowest BCUT2D eigenvalue weighted by Crippen LogP contribution is -2.56. The van der Waals surface area contributed by atoms with Crippen LogP contribution < -0.4 is 16.8 Å². The van der Waals surface area contributed by atoms with E-state index in [1.807, 2.05) is 0 Å². The Hall–Kier alpha value is -2.20. The number of hydrogen-bond acceptors (Lipinski definition) is 6. The summed E-state index contributed by atoms with van der Waals surface area (Å²) >= 11 is 0. The number of rotatable bonds is 9. The van der Waals surface area contributed by atoms with Gasteiger partial charge in [0.25, 0.3) is 0 Å². The van der Waals surface area contributed by atoms with Gasteiger partial charge in [-0.1, -0.05) is 0 Å². The molecule has 0 spiro atoms. The molecule has 0 aromatic heterocycles. The molecule has 6 N–H and O–H groups in total. The quantitative estimate of drug-likeness (QED) is 0.355. The molecule has 0 aromatic carbocycles. The van der Waals surface area contributed by atoms with E-state index in [0.29, 0.717) is 64.6 Å². The van der Waals surface area contributed by atoms with Crippen molar-refractivity contribution in [3.05, 3.63) is 0 Å². The molecule has 2 fully saturated rings. The van der Waals surface area contributed by atoms with E-state index in [1.54, 1.807) is 6.92 Å². The van der Waals surface area contributed by atoms with Gasteiger partial charge in [-0.15, -0.1) is 0 Å². The zero-order valence-corrected chi connectivity index (χ0v) is 17.0. The maximum absolute atomic E-state index is 13.0. The first-order chi connectivity index (χ1) is 13.8. The molecule has 10 heteroatoms. The Kier molecular flexibility index (Phi) is 8.39. The predicted molar refractivity (Wildman–Crippen MR) is 106 cm³/mol. The zero-order valence-electron chi connectivity index (χ0n) is 17.0. The Labute approximate surface area is 170 Å². The fourth-order valence-electron chi connectivity index (χ4n) is 4.07. The Morgan fingerprint density at radius 3 is 2.17 bits per heavy atom. The van der Waals surface area contributed by atoms with Gasteiger partial charge in [0.05, 0.1) is 6.04 Å². The summed E-state index contributed by atoms with van der Waals surface area (Å²) in [6.45, 7) is 2.86. The number of amides is 3. The van der Waals surface area contributed by atoms with Gasteiger partial charge in [0.1, 0.15) is 18.1 Å². The predicted octanol–water partition coefficient (Wildman–Crippen LogP) is -0.986. The van der Waals surface area contributed by atoms with Gasteiger partial charge in [-0.05, 0) is 58.4 Å². The fraction of sp³-hybridized carbons (Fsp3) is 0.789. The first-order valence-corrected chi connectivity index (χ1v) is 10.4. The molecule has 2 saturated heterocycles. The summed E-state index contributed by atoms with van der Waals surface area (Å²) in [5.74, 6) is -2.11. The molecule has 2 aliphatic rings. The van der Waals surface area contributed by atoms with Crippen LogP contribution in [0.4, 0.5) is 0 Å². The third kappa shape index (κ3) is 5.66. The van der Waals surface area contributed by atoms with Crippen molar-refractivity contribution in [2.45, 2.75) is 76.0 Å². The highest BCUT2D eigenvalue weighted by Crippen LogP contribution is 2.22. The number of nitrogens with one attached hydrogen (secondary N) is 1. The molecule has 2 heterocycles. The Balaban J connectivity index is 2.11. The van der Waals surface area contributed by atoms with Crippen LogP contribution in [0.5, 0.6) is 0 Å². The zero-order chi connectivity index (χ0) is 21.6. The van der Waals surface area contributed by atoms with E-state index in [1.165, 1.54) is 9.80 Å². The number of aliphatic carboxylic acids is 1. The van der Waals surface area contributed by atoms with Crippen LogP contribution in [0.1, 0.15) is 51.9 Å². The third-order valence-corrected chi connectivity index (χ3v) is 5.61. The second-order valence-electron chi connectivity index (χ2n) is 7.85. The van der Waals surface area contributed by atoms with Gasteiger partial charge in [-0.2, -0.15) is 0 Å². The van der Waals surface area contributed by atoms with Crippen LogP contribution in [0.15, 0.2) is 0 Å². The molecular formula is C19H33N5O5. The number of nitrogens with zero attached hydrogens (tertiary/aromatic N) is 2. The number of unbranched alkanes of at least 4 members (excludes halogenated alkanes) is 1. The minimum Gasteiger partial charge on any atom is -0.480 e. The van der Waals surface area contributed by atoms with Crippen LogP contribution in [0, 0.1) is 0 Å². The molecule has 0 aliphatic carbocycles. The summed E-state index contributed by atoms with van der Waals surface area (Å²) in [5, 5.41) is 12.2. The highest BCUT2D eigenvalue weighted by atomic mass is 16.4. The summed E-state index contributed by atoms with van der Waals surface area (Å²) in [7, 11) is 0. The van der Waals surface area contributed by atoms with Crippen molar-refractivity contribution in [3.8, 4) is 0 Å². The van der Waals surface area contributed by atoms with Crippen LogP contribution >= 0.6 is 0 Å². The molecule has 0 radical (unpaired) electrons. The van der Waals surface area contributed by atoms with Gasteiger partial charge in [-0.25, -0.2) is 4.79 Å². The summed E-state index contributed by atoms with van der Waals surface area (Å²) in [4.78, 5) is 52.5. The average Bonchev–Trinajstić information content (AvgIpc) is 3.35. The second-order valence-corrected chi connectivity index (χ2v) is 7.85. The van der Waals surface area contributed by atoms with E-state index in [4.69, 9.17) is 11.5 Å². The summed E-state index contributed by atoms with van der Waals surface area (Å²) in [5.41, 5.74) is 11.2. The fourth-order valence-corrected chi connectivity index (χ4v) is 4.07. The minimum absolute atomic E-state index is 0.292.